The highest BCUT2D eigenvalue weighted by Gasteiger charge is 2.03. The Morgan fingerprint density at radius 2 is 1.88 bits per heavy atom. The number of nitrogens with zero attached hydrogens (tertiary/aromatic N) is 1. The minimum absolute atomic E-state index is 0.217. The number of nitrogens with two attached hydrogens (primary N) is 1. The second-order valence-electron chi connectivity index (χ2n) is 3.66. The van der Waals surface area contributed by atoms with Gasteiger partial charge in [-0.25, -0.2) is 9.37 Å². The standard InChI is InChI=1S/C13H14FN3/c14-12-6-2-1-4-11(12)9-17-13-10(8-15)5-3-7-16-13/h1-7H,8-9,15H2,(H,16,17). The van der Waals surface area contributed by atoms with Crippen LogP contribution in [-0.2, 0) is 13.1 Å². The van der Waals surface area contributed by atoms with E-state index in [-0.39, 0.29) is 5.82 Å². The topological polar surface area (TPSA) is 50.9 Å². The molecule has 1 aromatic heterocycles. The Kier molecular flexibility index (Phi) is 3.67. The van der Waals surface area contributed by atoms with Gasteiger partial charge in [-0.05, 0) is 12.1 Å². The Hall–Kier alpha value is -1.94. The quantitative estimate of drug-likeness (QED) is 0.848. The lowest BCUT2D eigenvalue weighted by Crippen LogP contribution is -2.08. The van der Waals surface area contributed by atoms with E-state index in [0.717, 1.165) is 5.56 Å². The van der Waals surface area contributed by atoms with Crippen LogP contribution in [0.25, 0.3) is 0 Å². The van der Waals surface area contributed by atoms with Crippen molar-refractivity contribution in [2.24, 2.45) is 5.73 Å². The lowest BCUT2D eigenvalue weighted by molar-refractivity contribution is 0.613. The van der Waals surface area contributed by atoms with Gasteiger partial charge in [0.25, 0.3) is 0 Å². The largest absolute Gasteiger partial charge is 0.366 e. The van der Waals surface area contributed by atoms with Crippen LogP contribution in [0.4, 0.5) is 10.2 Å². The molecule has 0 radical (unpaired) electrons. The third-order valence-electron chi connectivity index (χ3n) is 2.52. The lowest BCUT2D eigenvalue weighted by Gasteiger charge is -2.09. The van der Waals surface area contributed by atoms with E-state index in [0.29, 0.717) is 24.5 Å². The van der Waals surface area contributed by atoms with Crippen molar-refractivity contribution in [1.82, 2.24) is 4.98 Å². The number of aromatic nitrogens is 1. The fourth-order valence-corrected chi connectivity index (χ4v) is 1.58. The maximum atomic E-state index is 13.4. The van der Waals surface area contributed by atoms with Crippen LogP contribution in [0.1, 0.15) is 11.1 Å². The van der Waals surface area contributed by atoms with Crippen LogP contribution in [0.5, 0.6) is 0 Å². The summed E-state index contributed by atoms with van der Waals surface area (Å²) in [5.74, 6) is 0.489. The average molecular weight is 231 g/mol. The summed E-state index contributed by atoms with van der Waals surface area (Å²) in [7, 11) is 0. The monoisotopic (exact) mass is 231 g/mol. The van der Waals surface area contributed by atoms with Gasteiger partial charge in [-0.15, -0.1) is 0 Å². The van der Waals surface area contributed by atoms with Crippen molar-refractivity contribution in [2.75, 3.05) is 5.32 Å². The summed E-state index contributed by atoms with van der Waals surface area (Å²) >= 11 is 0. The molecule has 0 aliphatic heterocycles. The van der Waals surface area contributed by atoms with Gasteiger partial charge >= 0.3 is 0 Å². The molecule has 3 nitrogen and oxygen atoms in total. The molecule has 0 atom stereocenters. The maximum absolute atomic E-state index is 13.4. The molecule has 0 unspecified atom stereocenters. The van der Waals surface area contributed by atoms with Gasteiger partial charge in [-0.2, -0.15) is 0 Å². The van der Waals surface area contributed by atoms with Gasteiger partial charge in [0.2, 0.25) is 0 Å². The van der Waals surface area contributed by atoms with Crippen LogP contribution in [0.15, 0.2) is 42.6 Å². The van der Waals surface area contributed by atoms with Gasteiger partial charge in [0.15, 0.2) is 0 Å². The molecule has 2 aromatic rings. The molecule has 0 bridgehead atoms. The highest BCUT2D eigenvalue weighted by atomic mass is 19.1. The molecule has 0 fully saturated rings. The van der Waals surface area contributed by atoms with Crippen molar-refractivity contribution >= 4 is 5.82 Å². The summed E-state index contributed by atoms with van der Waals surface area (Å²) in [5.41, 5.74) is 7.13. The number of anilines is 1. The molecule has 0 amide bonds. The summed E-state index contributed by atoms with van der Waals surface area (Å²) in [6.45, 7) is 0.810. The minimum atomic E-state index is -0.217. The number of pyridine rings is 1. The van der Waals surface area contributed by atoms with Crippen molar-refractivity contribution in [3.63, 3.8) is 0 Å². The van der Waals surface area contributed by atoms with Crippen LogP contribution in [0.3, 0.4) is 0 Å². The molecule has 0 spiro atoms. The molecule has 88 valence electrons. The van der Waals surface area contributed by atoms with Crippen molar-refractivity contribution < 1.29 is 4.39 Å². The van der Waals surface area contributed by atoms with E-state index < -0.39 is 0 Å². The van der Waals surface area contributed by atoms with Crippen LogP contribution >= 0.6 is 0 Å². The second-order valence-corrected chi connectivity index (χ2v) is 3.66. The maximum Gasteiger partial charge on any atom is 0.130 e. The fourth-order valence-electron chi connectivity index (χ4n) is 1.58. The van der Waals surface area contributed by atoms with Gasteiger partial charge in [-0.1, -0.05) is 24.3 Å². The Morgan fingerprint density at radius 3 is 2.65 bits per heavy atom. The molecule has 2 rings (SSSR count). The predicted molar refractivity (Wildman–Crippen MR) is 65.9 cm³/mol. The number of rotatable bonds is 4. The molecule has 17 heavy (non-hydrogen) atoms. The predicted octanol–water partition coefficient (Wildman–Crippen LogP) is 2.29. The van der Waals surface area contributed by atoms with E-state index >= 15 is 0 Å². The number of hydrogen-bond acceptors (Lipinski definition) is 3. The molecule has 1 aromatic carbocycles. The first kappa shape index (κ1) is 11.5. The van der Waals surface area contributed by atoms with E-state index in [9.17, 15) is 4.39 Å². The third-order valence-corrected chi connectivity index (χ3v) is 2.52. The smallest absolute Gasteiger partial charge is 0.130 e. The zero-order valence-electron chi connectivity index (χ0n) is 9.36. The van der Waals surface area contributed by atoms with Crippen molar-refractivity contribution in [2.45, 2.75) is 13.1 Å². The minimum Gasteiger partial charge on any atom is -0.366 e. The number of hydrogen-bond donors (Lipinski definition) is 2. The molecule has 4 heteroatoms. The summed E-state index contributed by atoms with van der Waals surface area (Å²) in [6, 6.07) is 10.4. The van der Waals surface area contributed by atoms with Crippen molar-refractivity contribution in [1.29, 1.82) is 0 Å². The number of benzene rings is 1. The second kappa shape index (κ2) is 5.41. The molecular weight excluding hydrogens is 217 g/mol. The van der Waals surface area contributed by atoms with Gasteiger partial charge in [-0.3, -0.25) is 0 Å². The first-order valence-electron chi connectivity index (χ1n) is 5.42. The van der Waals surface area contributed by atoms with E-state index in [4.69, 9.17) is 5.73 Å². The highest BCUT2D eigenvalue weighted by Crippen LogP contribution is 2.13. The summed E-state index contributed by atoms with van der Waals surface area (Å²) in [6.07, 6.45) is 1.68. The van der Waals surface area contributed by atoms with Gasteiger partial charge in [0.1, 0.15) is 11.6 Å². The molecule has 1 heterocycles. The number of nitrogens with one attached hydrogen (secondary N) is 1. The van der Waals surface area contributed by atoms with E-state index in [1.54, 1.807) is 18.3 Å². The normalized spacial score (nSPS) is 10.2. The molecule has 3 N–H and O–H groups in total. The van der Waals surface area contributed by atoms with Crippen molar-refractivity contribution in [3.8, 4) is 0 Å². The molecular formula is C13H14FN3. The zero-order chi connectivity index (χ0) is 12.1. The van der Waals surface area contributed by atoms with Gasteiger partial charge < -0.3 is 11.1 Å². The first-order chi connectivity index (χ1) is 8.31. The summed E-state index contributed by atoms with van der Waals surface area (Å²) in [5, 5.41) is 3.09. The SMILES string of the molecule is NCc1cccnc1NCc1ccccc1F. The van der Waals surface area contributed by atoms with Crippen LogP contribution in [0, 0.1) is 5.82 Å². The summed E-state index contributed by atoms with van der Waals surface area (Å²) < 4.78 is 13.4. The van der Waals surface area contributed by atoms with E-state index in [1.807, 2.05) is 18.2 Å². The van der Waals surface area contributed by atoms with E-state index in [1.165, 1.54) is 6.07 Å². The number of halogens is 1. The van der Waals surface area contributed by atoms with Crippen LogP contribution < -0.4 is 11.1 Å². The third kappa shape index (κ3) is 2.79. The Balaban J connectivity index is 2.10. The molecule has 0 saturated carbocycles. The average Bonchev–Trinajstić information content (AvgIpc) is 2.38. The first-order valence-corrected chi connectivity index (χ1v) is 5.42. The van der Waals surface area contributed by atoms with Crippen molar-refractivity contribution in [3.05, 3.63) is 59.5 Å². The van der Waals surface area contributed by atoms with Gasteiger partial charge in [0.05, 0.1) is 0 Å². The molecule has 0 saturated heterocycles. The van der Waals surface area contributed by atoms with E-state index in [2.05, 4.69) is 10.3 Å². The van der Waals surface area contributed by atoms with Crippen LogP contribution in [-0.4, -0.2) is 4.98 Å². The van der Waals surface area contributed by atoms with Crippen LogP contribution in [0.2, 0.25) is 0 Å². The summed E-state index contributed by atoms with van der Waals surface area (Å²) in [4.78, 5) is 4.18. The zero-order valence-corrected chi connectivity index (χ0v) is 9.36. The Bertz CT molecular complexity index is 500. The molecule has 0 aliphatic carbocycles. The lowest BCUT2D eigenvalue weighted by atomic mass is 10.2. The van der Waals surface area contributed by atoms with Gasteiger partial charge in [0, 0.05) is 30.4 Å². The molecule has 0 aliphatic rings. The Morgan fingerprint density at radius 1 is 1.12 bits per heavy atom. The fraction of sp³-hybridized carbons (Fsp3) is 0.154. The Labute approximate surface area is 99.5 Å². The highest BCUT2D eigenvalue weighted by molar-refractivity contribution is 5.44.